The molecular weight excluding hydrogens is 214 g/mol. The van der Waals surface area contributed by atoms with Crippen LogP contribution in [0, 0.1) is 6.92 Å². The highest BCUT2D eigenvalue weighted by Gasteiger charge is 2.08. The third kappa shape index (κ3) is 4.31. The van der Waals surface area contributed by atoms with Crippen molar-refractivity contribution in [1.29, 1.82) is 0 Å². The van der Waals surface area contributed by atoms with Gasteiger partial charge in [0, 0.05) is 12.1 Å². The van der Waals surface area contributed by atoms with E-state index in [1.807, 2.05) is 25.1 Å². The number of hydrogen-bond acceptors (Lipinski definition) is 2. The molecule has 3 heteroatoms. The van der Waals surface area contributed by atoms with Crippen LogP contribution in [-0.4, -0.2) is 19.6 Å². The molecule has 1 rings (SSSR count). The van der Waals surface area contributed by atoms with Crippen molar-refractivity contribution >= 4 is 5.91 Å². The number of carbonyl (C=O) groups excluding carboxylic acids is 1. The molecule has 0 radical (unpaired) electrons. The van der Waals surface area contributed by atoms with E-state index in [0.717, 1.165) is 23.3 Å². The fourth-order valence-electron chi connectivity index (χ4n) is 1.59. The molecule has 1 aromatic rings. The van der Waals surface area contributed by atoms with Crippen LogP contribution in [0.1, 0.15) is 17.5 Å². The quantitative estimate of drug-likeness (QED) is 0.604. The van der Waals surface area contributed by atoms with E-state index in [4.69, 9.17) is 4.74 Å². The number of hydrogen-bond donors (Lipinski definition) is 1. The van der Waals surface area contributed by atoms with Crippen LogP contribution in [0.3, 0.4) is 0 Å². The molecule has 0 aliphatic heterocycles. The van der Waals surface area contributed by atoms with Crippen molar-refractivity contribution < 1.29 is 9.53 Å². The molecule has 1 amide bonds. The average Bonchev–Trinajstić information content (AvgIpc) is 2.29. The number of amides is 1. The predicted octanol–water partition coefficient (Wildman–Crippen LogP) is 2.24. The van der Waals surface area contributed by atoms with Crippen LogP contribution in [0.25, 0.3) is 0 Å². The largest absolute Gasteiger partial charge is 0.496 e. The molecule has 0 aromatic heterocycles. The van der Waals surface area contributed by atoms with Gasteiger partial charge in [-0.15, -0.1) is 6.58 Å². The fourth-order valence-corrected chi connectivity index (χ4v) is 1.59. The average molecular weight is 233 g/mol. The van der Waals surface area contributed by atoms with Crippen LogP contribution in [0.15, 0.2) is 30.9 Å². The zero-order valence-corrected chi connectivity index (χ0v) is 10.5. The van der Waals surface area contributed by atoms with Crippen molar-refractivity contribution in [3.63, 3.8) is 0 Å². The monoisotopic (exact) mass is 233 g/mol. The molecular formula is C14H19NO2. The van der Waals surface area contributed by atoms with E-state index in [1.54, 1.807) is 13.2 Å². The van der Waals surface area contributed by atoms with E-state index in [2.05, 4.69) is 11.9 Å². The van der Waals surface area contributed by atoms with Gasteiger partial charge in [-0.05, 0) is 19.4 Å². The third-order valence-corrected chi connectivity index (χ3v) is 2.46. The maximum absolute atomic E-state index is 11.7. The highest BCUT2D eigenvalue weighted by molar-refractivity contribution is 5.79. The van der Waals surface area contributed by atoms with Gasteiger partial charge in [0.2, 0.25) is 5.91 Å². The normalized spacial score (nSPS) is 9.76. The van der Waals surface area contributed by atoms with E-state index in [9.17, 15) is 4.79 Å². The molecule has 0 aliphatic carbocycles. The lowest BCUT2D eigenvalue weighted by Gasteiger charge is -2.09. The first-order chi connectivity index (χ1) is 8.17. The molecule has 0 heterocycles. The second-order valence-electron chi connectivity index (χ2n) is 3.92. The Hall–Kier alpha value is -1.77. The lowest BCUT2D eigenvalue weighted by molar-refractivity contribution is -0.120. The number of carbonyl (C=O) groups is 1. The molecule has 92 valence electrons. The standard InChI is InChI=1S/C14H19NO2/c1-4-5-8-15-14(16)10-12-9-11(2)6-7-13(12)17-3/h4,6-7,9H,1,5,8,10H2,2-3H3,(H,15,16). The van der Waals surface area contributed by atoms with E-state index >= 15 is 0 Å². The highest BCUT2D eigenvalue weighted by atomic mass is 16.5. The number of methoxy groups -OCH3 is 1. The Balaban J connectivity index is 2.63. The molecule has 0 saturated heterocycles. The second kappa shape index (κ2) is 6.74. The molecule has 0 bridgehead atoms. The van der Waals surface area contributed by atoms with Crippen LogP contribution in [0.4, 0.5) is 0 Å². The lowest BCUT2D eigenvalue weighted by atomic mass is 10.1. The molecule has 0 saturated carbocycles. The maximum Gasteiger partial charge on any atom is 0.224 e. The summed E-state index contributed by atoms with van der Waals surface area (Å²) >= 11 is 0. The van der Waals surface area contributed by atoms with Gasteiger partial charge in [-0.2, -0.15) is 0 Å². The Kier molecular flexibility index (Phi) is 5.27. The summed E-state index contributed by atoms with van der Waals surface area (Å²) < 4.78 is 5.23. The van der Waals surface area contributed by atoms with Gasteiger partial charge >= 0.3 is 0 Å². The Labute approximate surface area is 102 Å². The first kappa shape index (κ1) is 13.3. The van der Waals surface area contributed by atoms with Gasteiger partial charge in [0.05, 0.1) is 13.5 Å². The summed E-state index contributed by atoms with van der Waals surface area (Å²) in [6.07, 6.45) is 2.92. The van der Waals surface area contributed by atoms with E-state index < -0.39 is 0 Å². The summed E-state index contributed by atoms with van der Waals surface area (Å²) in [6, 6.07) is 5.84. The predicted molar refractivity (Wildman–Crippen MR) is 69.3 cm³/mol. The van der Waals surface area contributed by atoms with E-state index in [0.29, 0.717) is 13.0 Å². The van der Waals surface area contributed by atoms with Gasteiger partial charge in [-0.1, -0.05) is 23.8 Å². The van der Waals surface area contributed by atoms with Crippen molar-refractivity contribution in [2.45, 2.75) is 19.8 Å². The first-order valence-electron chi connectivity index (χ1n) is 5.68. The maximum atomic E-state index is 11.7. The van der Waals surface area contributed by atoms with Crippen LogP contribution in [-0.2, 0) is 11.2 Å². The number of rotatable bonds is 6. The first-order valence-corrected chi connectivity index (χ1v) is 5.68. The second-order valence-corrected chi connectivity index (χ2v) is 3.92. The third-order valence-electron chi connectivity index (χ3n) is 2.46. The Morgan fingerprint density at radius 1 is 1.53 bits per heavy atom. The minimum absolute atomic E-state index is 0.00995. The molecule has 0 spiro atoms. The summed E-state index contributed by atoms with van der Waals surface area (Å²) in [7, 11) is 1.61. The van der Waals surface area contributed by atoms with Crippen molar-refractivity contribution in [2.75, 3.05) is 13.7 Å². The van der Waals surface area contributed by atoms with Crippen LogP contribution in [0.5, 0.6) is 5.75 Å². The van der Waals surface area contributed by atoms with E-state index in [-0.39, 0.29) is 5.91 Å². The molecule has 0 aliphatic rings. The van der Waals surface area contributed by atoms with Gasteiger partial charge < -0.3 is 10.1 Å². The number of ether oxygens (including phenoxy) is 1. The zero-order valence-electron chi connectivity index (χ0n) is 10.5. The Bertz CT molecular complexity index is 399. The summed E-state index contributed by atoms with van der Waals surface area (Å²) in [4.78, 5) is 11.7. The van der Waals surface area contributed by atoms with E-state index in [1.165, 1.54) is 0 Å². The number of benzene rings is 1. The molecule has 0 fully saturated rings. The smallest absolute Gasteiger partial charge is 0.224 e. The van der Waals surface area contributed by atoms with Crippen molar-refractivity contribution in [3.8, 4) is 5.75 Å². The zero-order chi connectivity index (χ0) is 12.7. The van der Waals surface area contributed by atoms with Crippen molar-refractivity contribution in [3.05, 3.63) is 42.0 Å². The van der Waals surface area contributed by atoms with Crippen LogP contribution in [0.2, 0.25) is 0 Å². The van der Waals surface area contributed by atoms with Gasteiger partial charge in [-0.3, -0.25) is 4.79 Å². The number of nitrogens with one attached hydrogen (secondary N) is 1. The topological polar surface area (TPSA) is 38.3 Å². The van der Waals surface area contributed by atoms with Crippen LogP contribution >= 0.6 is 0 Å². The summed E-state index contributed by atoms with van der Waals surface area (Å²) in [6.45, 7) is 6.24. The number of aryl methyl sites for hydroxylation is 1. The minimum atomic E-state index is 0.00995. The van der Waals surface area contributed by atoms with Crippen LogP contribution < -0.4 is 10.1 Å². The molecule has 0 unspecified atom stereocenters. The Morgan fingerprint density at radius 2 is 2.29 bits per heavy atom. The molecule has 0 atom stereocenters. The molecule has 3 nitrogen and oxygen atoms in total. The molecule has 17 heavy (non-hydrogen) atoms. The molecule has 1 N–H and O–H groups in total. The summed E-state index contributed by atoms with van der Waals surface area (Å²) in [5, 5.41) is 2.84. The summed E-state index contributed by atoms with van der Waals surface area (Å²) in [5.74, 6) is 0.769. The van der Waals surface area contributed by atoms with Gasteiger partial charge in [0.25, 0.3) is 0 Å². The fraction of sp³-hybridized carbons (Fsp3) is 0.357. The van der Waals surface area contributed by atoms with Crippen molar-refractivity contribution in [2.24, 2.45) is 0 Å². The SMILES string of the molecule is C=CCCNC(=O)Cc1cc(C)ccc1OC. The van der Waals surface area contributed by atoms with Gasteiger partial charge in [0.1, 0.15) is 5.75 Å². The highest BCUT2D eigenvalue weighted by Crippen LogP contribution is 2.19. The summed E-state index contributed by atoms with van der Waals surface area (Å²) in [5.41, 5.74) is 2.04. The lowest BCUT2D eigenvalue weighted by Crippen LogP contribution is -2.25. The van der Waals surface area contributed by atoms with Crippen molar-refractivity contribution in [1.82, 2.24) is 5.32 Å². The Morgan fingerprint density at radius 3 is 2.94 bits per heavy atom. The minimum Gasteiger partial charge on any atom is -0.496 e. The van der Waals surface area contributed by atoms with Gasteiger partial charge in [-0.25, -0.2) is 0 Å². The molecule has 1 aromatic carbocycles. The van der Waals surface area contributed by atoms with Gasteiger partial charge in [0.15, 0.2) is 0 Å².